The molecule has 0 unspecified atom stereocenters. The van der Waals surface area contributed by atoms with Crippen LogP contribution < -0.4 is 15.0 Å². The largest absolute Gasteiger partial charge is 0.457 e. The molecule has 1 heterocycles. The number of imide groups is 1. The highest BCUT2D eigenvalue weighted by atomic mass is 35.5. The van der Waals surface area contributed by atoms with Crippen molar-refractivity contribution in [1.29, 1.82) is 0 Å². The maximum absolute atomic E-state index is 13.6. The van der Waals surface area contributed by atoms with Crippen LogP contribution in [0.25, 0.3) is 0 Å². The first kappa shape index (κ1) is 24.7. The summed E-state index contributed by atoms with van der Waals surface area (Å²) in [7, 11) is 0. The van der Waals surface area contributed by atoms with Crippen molar-refractivity contribution in [3.8, 4) is 11.5 Å². The number of aryl methyl sites for hydroxylation is 1. The van der Waals surface area contributed by atoms with Crippen LogP contribution in [0.2, 0.25) is 5.02 Å². The number of para-hydroxylation sites is 1. The second kappa shape index (κ2) is 10.9. The number of carbonyl (C=O) groups is 2. The van der Waals surface area contributed by atoms with E-state index in [1.54, 1.807) is 36.4 Å². The summed E-state index contributed by atoms with van der Waals surface area (Å²) in [4.78, 5) is 29.5. The first-order valence-corrected chi connectivity index (χ1v) is 13.0. The average molecular weight is 527 g/mol. The molecule has 1 N–H and O–H groups in total. The highest BCUT2D eigenvalue weighted by Crippen LogP contribution is 2.38. The van der Waals surface area contributed by atoms with Crippen LogP contribution in [0, 0.1) is 0 Å². The van der Waals surface area contributed by atoms with Crippen LogP contribution in [0.5, 0.6) is 11.5 Å². The number of hydrogen-bond donors (Lipinski definition) is 1. The van der Waals surface area contributed by atoms with Gasteiger partial charge >= 0.3 is 0 Å². The van der Waals surface area contributed by atoms with Crippen molar-refractivity contribution in [2.45, 2.75) is 18.2 Å². The molecule has 5 nitrogen and oxygen atoms in total. The predicted molar refractivity (Wildman–Crippen MR) is 149 cm³/mol. The lowest BCUT2D eigenvalue weighted by Gasteiger charge is -2.16. The van der Waals surface area contributed by atoms with Crippen molar-refractivity contribution in [3.05, 3.63) is 124 Å². The van der Waals surface area contributed by atoms with E-state index in [0.29, 0.717) is 27.1 Å². The second-order valence-electron chi connectivity index (χ2n) is 8.29. The third-order valence-electron chi connectivity index (χ3n) is 5.78. The Morgan fingerprint density at radius 1 is 0.784 bits per heavy atom. The number of amides is 2. The van der Waals surface area contributed by atoms with Gasteiger partial charge in [0.2, 0.25) is 0 Å². The van der Waals surface area contributed by atoms with Gasteiger partial charge in [0.1, 0.15) is 22.1 Å². The molecule has 0 atom stereocenters. The van der Waals surface area contributed by atoms with E-state index in [1.807, 2.05) is 66.7 Å². The van der Waals surface area contributed by atoms with E-state index in [-0.39, 0.29) is 5.70 Å². The molecule has 2 amide bonds. The van der Waals surface area contributed by atoms with Gasteiger partial charge in [0, 0.05) is 15.6 Å². The Balaban J connectivity index is 1.44. The molecule has 7 heteroatoms. The van der Waals surface area contributed by atoms with Crippen LogP contribution in [-0.4, -0.2) is 11.8 Å². The van der Waals surface area contributed by atoms with Crippen molar-refractivity contribution in [2.24, 2.45) is 0 Å². The number of ether oxygens (including phenoxy) is 1. The number of hydrogen-bond acceptors (Lipinski definition) is 5. The highest BCUT2D eigenvalue weighted by Gasteiger charge is 2.40. The van der Waals surface area contributed by atoms with Crippen molar-refractivity contribution < 1.29 is 14.3 Å². The predicted octanol–water partition coefficient (Wildman–Crippen LogP) is 7.68. The summed E-state index contributed by atoms with van der Waals surface area (Å²) in [6.07, 6.45) is 0.913. The smallest absolute Gasteiger partial charge is 0.283 e. The van der Waals surface area contributed by atoms with E-state index in [1.165, 1.54) is 22.2 Å². The molecule has 0 radical (unpaired) electrons. The molecular formula is C30H23ClN2O3S. The number of carbonyl (C=O) groups excluding carboxylic acids is 2. The molecule has 4 aromatic rings. The fraction of sp³-hybridized carbons (Fsp3) is 0.0667. The summed E-state index contributed by atoms with van der Waals surface area (Å²) in [6, 6.07) is 31.3. The lowest BCUT2D eigenvalue weighted by molar-refractivity contribution is -0.120. The minimum atomic E-state index is -0.419. The van der Waals surface area contributed by atoms with Crippen molar-refractivity contribution in [2.75, 3.05) is 10.2 Å². The van der Waals surface area contributed by atoms with Crippen LogP contribution in [0.1, 0.15) is 12.5 Å². The average Bonchev–Trinajstić information content (AvgIpc) is 3.15. The molecule has 1 aliphatic heterocycles. The molecule has 0 bridgehead atoms. The van der Waals surface area contributed by atoms with Gasteiger partial charge in [0.05, 0.1) is 5.69 Å². The summed E-state index contributed by atoms with van der Waals surface area (Å²) in [5.41, 5.74) is 2.61. The van der Waals surface area contributed by atoms with Crippen molar-refractivity contribution in [3.63, 3.8) is 0 Å². The fourth-order valence-electron chi connectivity index (χ4n) is 3.83. The van der Waals surface area contributed by atoms with E-state index in [2.05, 4.69) is 12.2 Å². The van der Waals surface area contributed by atoms with Crippen LogP contribution in [0.15, 0.2) is 119 Å². The van der Waals surface area contributed by atoms with E-state index in [9.17, 15) is 9.59 Å². The van der Waals surface area contributed by atoms with Crippen molar-refractivity contribution >= 4 is 46.6 Å². The third-order valence-corrected chi connectivity index (χ3v) is 7.12. The number of rotatable bonds is 8. The van der Waals surface area contributed by atoms with Gasteiger partial charge in [-0.3, -0.25) is 9.59 Å². The zero-order chi connectivity index (χ0) is 25.8. The molecule has 0 spiro atoms. The van der Waals surface area contributed by atoms with Gasteiger partial charge in [-0.25, -0.2) is 4.90 Å². The summed E-state index contributed by atoms with van der Waals surface area (Å²) in [5.74, 6) is 0.492. The molecule has 0 aromatic heterocycles. The Hall–Kier alpha value is -4.00. The van der Waals surface area contributed by atoms with Crippen LogP contribution in [0.4, 0.5) is 11.4 Å². The normalized spacial score (nSPS) is 13.3. The van der Waals surface area contributed by atoms with Crippen LogP contribution in [-0.2, 0) is 16.0 Å². The lowest BCUT2D eigenvalue weighted by atomic mass is 10.1. The molecule has 0 fully saturated rings. The Bertz CT molecular complexity index is 1450. The Kier molecular flexibility index (Phi) is 7.30. The quantitative estimate of drug-likeness (QED) is 0.238. The van der Waals surface area contributed by atoms with E-state index >= 15 is 0 Å². The monoisotopic (exact) mass is 526 g/mol. The standard InChI is InChI=1S/C30H23ClN2O3S/c1-2-20-8-12-22(13-9-20)32-27-28(37-26-18-10-21(31)11-19-26)30(35)33(29(27)34)23-14-16-25(17-15-23)36-24-6-4-3-5-7-24/h3-19,32H,2H2,1H3. The maximum Gasteiger partial charge on any atom is 0.283 e. The third kappa shape index (κ3) is 5.56. The lowest BCUT2D eigenvalue weighted by Crippen LogP contribution is -2.32. The highest BCUT2D eigenvalue weighted by molar-refractivity contribution is 8.04. The summed E-state index contributed by atoms with van der Waals surface area (Å²) in [5, 5.41) is 3.79. The molecule has 4 aromatic carbocycles. The summed E-state index contributed by atoms with van der Waals surface area (Å²) < 4.78 is 5.85. The Morgan fingerprint density at radius 2 is 1.43 bits per heavy atom. The van der Waals surface area contributed by atoms with Gasteiger partial charge < -0.3 is 10.1 Å². The van der Waals surface area contributed by atoms with Gasteiger partial charge in [-0.15, -0.1) is 0 Å². The van der Waals surface area contributed by atoms with Crippen molar-refractivity contribution in [1.82, 2.24) is 0 Å². The minimum Gasteiger partial charge on any atom is -0.457 e. The number of nitrogens with one attached hydrogen (secondary N) is 1. The molecule has 1 aliphatic rings. The van der Waals surface area contributed by atoms with Gasteiger partial charge in [-0.2, -0.15) is 0 Å². The second-order valence-corrected chi connectivity index (χ2v) is 9.81. The molecule has 5 rings (SSSR count). The fourth-order valence-corrected chi connectivity index (χ4v) is 4.88. The topological polar surface area (TPSA) is 58.6 Å². The molecule has 0 saturated carbocycles. The number of nitrogens with zero attached hydrogens (tertiary/aromatic N) is 1. The van der Waals surface area contributed by atoms with Crippen LogP contribution in [0.3, 0.4) is 0 Å². The van der Waals surface area contributed by atoms with E-state index < -0.39 is 11.8 Å². The SMILES string of the molecule is CCc1ccc(NC2=C(Sc3ccc(Cl)cc3)C(=O)N(c3ccc(Oc4ccccc4)cc3)C2=O)cc1. The van der Waals surface area contributed by atoms with Crippen LogP contribution >= 0.6 is 23.4 Å². The summed E-state index contributed by atoms with van der Waals surface area (Å²) >= 11 is 7.27. The number of halogens is 1. The van der Waals surface area contributed by atoms with Gasteiger partial charge in [0.25, 0.3) is 11.8 Å². The zero-order valence-electron chi connectivity index (χ0n) is 20.0. The van der Waals surface area contributed by atoms with Gasteiger partial charge in [-0.1, -0.05) is 60.6 Å². The van der Waals surface area contributed by atoms with Gasteiger partial charge in [-0.05, 0) is 84.8 Å². The molecule has 37 heavy (non-hydrogen) atoms. The summed E-state index contributed by atoms with van der Waals surface area (Å²) in [6.45, 7) is 2.08. The maximum atomic E-state index is 13.6. The molecule has 0 saturated heterocycles. The zero-order valence-corrected chi connectivity index (χ0v) is 21.6. The molecule has 184 valence electrons. The molecule has 0 aliphatic carbocycles. The minimum absolute atomic E-state index is 0.235. The Morgan fingerprint density at radius 3 is 2.08 bits per heavy atom. The first-order valence-electron chi connectivity index (χ1n) is 11.8. The number of thioether (sulfide) groups is 1. The number of benzene rings is 4. The van der Waals surface area contributed by atoms with E-state index in [4.69, 9.17) is 16.3 Å². The first-order chi connectivity index (χ1) is 18.0. The Labute approximate surface area is 224 Å². The number of anilines is 2. The van der Waals surface area contributed by atoms with Gasteiger partial charge in [0.15, 0.2) is 0 Å². The molecular weight excluding hydrogens is 504 g/mol. The van der Waals surface area contributed by atoms with E-state index in [0.717, 1.165) is 17.0 Å².